The van der Waals surface area contributed by atoms with Gasteiger partial charge >= 0.3 is 0 Å². The van der Waals surface area contributed by atoms with Crippen molar-refractivity contribution < 1.29 is 9.18 Å². The zero-order valence-corrected chi connectivity index (χ0v) is 15.3. The van der Waals surface area contributed by atoms with Gasteiger partial charge in [0.1, 0.15) is 11.5 Å². The Balaban J connectivity index is 1.53. The number of aromatic nitrogens is 2. The van der Waals surface area contributed by atoms with Crippen molar-refractivity contribution in [3.63, 3.8) is 0 Å². The molecule has 1 heterocycles. The van der Waals surface area contributed by atoms with Crippen LogP contribution in [0.3, 0.4) is 0 Å². The molecular weight excluding hydrogens is 331 g/mol. The minimum Gasteiger partial charge on any atom is -0.351 e. The minimum absolute atomic E-state index is 0.173. The third-order valence-corrected chi connectivity index (χ3v) is 5.03. The topological polar surface area (TPSA) is 59.0 Å². The molecule has 1 aromatic carbocycles. The summed E-state index contributed by atoms with van der Waals surface area (Å²) in [6.45, 7) is 3.11. The van der Waals surface area contributed by atoms with Gasteiger partial charge in [-0.05, 0) is 31.9 Å². The second-order valence-electron chi connectivity index (χ2n) is 6.91. The van der Waals surface area contributed by atoms with Crippen LogP contribution in [0.1, 0.15) is 54.6 Å². The van der Waals surface area contributed by atoms with E-state index in [1.54, 1.807) is 25.1 Å². The molecule has 0 unspecified atom stereocenters. The molecule has 6 heteroatoms. The molecule has 0 radical (unpaired) electrons. The number of hydrogen-bond acceptors (Lipinski definition) is 3. The van der Waals surface area contributed by atoms with Crippen molar-refractivity contribution in [2.45, 2.75) is 51.5 Å². The molecule has 3 rings (SSSR count). The summed E-state index contributed by atoms with van der Waals surface area (Å²) >= 11 is 0. The average molecular weight is 358 g/mol. The number of benzene rings is 1. The first-order chi connectivity index (χ1) is 12.7. The van der Waals surface area contributed by atoms with E-state index in [1.165, 1.54) is 55.5 Å². The number of halogens is 1. The van der Waals surface area contributed by atoms with Gasteiger partial charge < -0.3 is 10.6 Å². The number of nitrogens with zero attached hydrogens (tertiary/aromatic N) is 2. The second-order valence-corrected chi connectivity index (χ2v) is 6.91. The summed E-state index contributed by atoms with van der Waals surface area (Å²) in [6, 6.07) is 6.98. The summed E-state index contributed by atoms with van der Waals surface area (Å²) < 4.78 is 15.4. The van der Waals surface area contributed by atoms with Crippen molar-refractivity contribution in [3.05, 3.63) is 47.5 Å². The fourth-order valence-corrected chi connectivity index (χ4v) is 3.53. The molecule has 1 fully saturated rings. The first kappa shape index (κ1) is 18.6. The Hall–Kier alpha value is -2.21. The van der Waals surface area contributed by atoms with E-state index in [0.29, 0.717) is 29.5 Å². The summed E-state index contributed by atoms with van der Waals surface area (Å²) in [7, 11) is 0. The third-order valence-electron chi connectivity index (χ3n) is 5.03. The van der Waals surface area contributed by atoms with E-state index in [4.69, 9.17) is 0 Å². The van der Waals surface area contributed by atoms with Crippen LogP contribution in [0.15, 0.2) is 30.5 Å². The third kappa shape index (κ3) is 4.49. The van der Waals surface area contributed by atoms with E-state index >= 15 is 0 Å². The standard InChI is InChI=1S/C20H27FN4O/c1-15-17(14-24-25(15)19-11-7-6-10-18(19)21)20(26)23-13-12-22-16-8-4-2-3-5-9-16/h6-7,10-11,14,16,22H,2-5,8-9,12-13H2,1H3,(H,23,26). The van der Waals surface area contributed by atoms with Crippen LogP contribution in [0.2, 0.25) is 0 Å². The molecule has 1 amide bonds. The van der Waals surface area contributed by atoms with Crippen molar-refractivity contribution in [1.29, 1.82) is 0 Å². The highest BCUT2D eigenvalue weighted by Crippen LogP contribution is 2.18. The van der Waals surface area contributed by atoms with Crippen LogP contribution >= 0.6 is 0 Å². The van der Waals surface area contributed by atoms with Gasteiger partial charge in [0.15, 0.2) is 0 Å². The molecule has 1 saturated carbocycles. The Labute approximate surface area is 154 Å². The number of nitrogens with one attached hydrogen (secondary N) is 2. The summed E-state index contributed by atoms with van der Waals surface area (Å²) in [4.78, 5) is 12.4. The lowest BCUT2D eigenvalue weighted by molar-refractivity contribution is 0.0953. The minimum atomic E-state index is -0.363. The normalized spacial score (nSPS) is 15.6. The Bertz CT molecular complexity index is 735. The molecule has 1 aliphatic rings. The van der Waals surface area contributed by atoms with Crippen LogP contribution in [-0.4, -0.2) is 34.8 Å². The largest absolute Gasteiger partial charge is 0.351 e. The van der Waals surface area contributed by atoms with Crippen molar-refractivity contribution in [3.8, 4) is 5.69 Å². The van der Waals surface area contributed by atoms with Crippen LogP contribution in [0, 0.1) is 12.7 Å². The average Bonchev–Trinajstić information content (AvgIpc) is 2.84. The molecule has 1 aliphatic carbocycles. The number of carbonyl (C=O) groups excluding carboxylic acids is 1. The summed E-state index contributed by atoms with van der Waals surface area (Å²) in [5.41, 5.74) is 1.45. The first-order valence-corrected chi connectivity index (χ1v) is 9.48. The predicted molar refractivity (Wildman–Crippen MR) is 100 cm³/mol. The van der Waals surface area contributed by atoms with Crippen molar-refractivity contribution in [2.75, 3.05) is 13.1 Å². The van der Waals surface area contributed by atoms with Gasteiger partial charge in [0.2, 0.25) is 0 Å². The van der Waals surface area contributed by atoms with Crippen molar-refractivity contribution in [1.82, 2.24) is 20.4 Å². The Morgan fingerprint density at radius 3 is 2.65 bits per heavy atom. The second kappa shape index (κ2) is 8.94. The Morgan fingerprint density at radius 2 is 1.92 bits per heavy atom. The van der Waals surface area contributed by atoms with Gasteiger partial charge in [0, 0.05) is 19.1 Å². The molecule has 5 nitrogen and oxygen atoms in total. The van der Waals surface area contributed by atoms with Gasteiger partial charge in [-0.15, -0.1) is 0 Å². The summed E-state index contributed by atoms with van der Waals surface area (Å²) in [5.74, 6) is -0.536. The molecule has 140 valence electrons. The molecule has 0 aliphatic heterocycles. The molecular formula is C20H27FN4O. The van der Waals surface area contributed by atoms with Gasteiger partial charge in [0.05, 0.1) is 17.5 Å². The Morgan fingerprint density at radius 1 is 1.19 bits per heavy atom. The predicted octanol–water partition coefficient (Wildman–Crippen LogP) is 3.36. The molecule has 0 spiro atoms. The Kier molecular flexibility index (Phi) is 6.39. The van der Waals surface area contributed by atoms with Gasteiger partial charge in [-0.1, -0.05) is 37.8 Å². The van der Waals surface area contributed by atoms with E-state index < -0.39 is 0 Å². The van der Waals surface area contributed by atoms with Gasteiger partial charge in [-0.2, -0.15) is 5.10 Å². The smallest absolute Gasteiger partial charge is 0.254 e. The van der Waals surface area contributed by atoms with E-state index in [2.05, 4.69) is 15.7 Å². The summed E-state index contributed by atoms with van der Waals surface area (Å²) in [6.07, 6.45) is 9.19. The maximum atomic E-state index is 14.0. The lowest BCUT2D eigenvalue weighted by Crippen LogP contribution is -2.37. The van der Waals surface area contributed by atoms with Crippen LogP contribution < -0.4 is 10.6 Å². The quantitative estimate of drug-likeness (QED) is 0.615. The lowest BCUT2D eigenvalue weighted by atomic mass is 10.1. The monoisotopic (exact) mass is 358 g/mol. The van der Waals surface area contributed by atoms with Crippen LogP contribution in [0.25, 0.3) is 5.69 Å². The van der Waals surface area contributed by atoms with Crippen LogP contribution in [-0.2, 0) is 0 Å². The zero-order chi connectivity index (χ0) is 18.4. The highest BCUT2D eigenvalue weighted by molar-refractivity contribution is 5.95. The number of hydrogen-bond donors (Lipinski definition) is 2. The van der Waals surface area contributed by atoms with Gasteiger partial charge in [-0.3, -0.25) is 4.79 Å². The zero-order valence-electron chi connectivity index (χ0n) is 15.3. The van der Waals surface area contributed by atoms with E-state index in [1.807, 2.05) is 0 Å². The van der Waals surface area contributed by atoms with Gasteiger partial charge in [-0.25, -0.2) is 9.07 Å². The molecule has 0 bridgehead atoms. The maximum Gasteiger partial charge on any atom is 0.254 e. The summed E-state index contributed by atoms with van der Waals surface area (Å²) in [5, 5.41) is 10.6. The van der Waals surface area contributed by atoms with E-state index in [-0.39, 0.29) is 11.7 Å². The van der Waals surface area contributed by atoms with Crippen molar-refractivity contribution >= 4 is 5.91 Å². The van der Waals surface area contributed by atoms with Gasteiger partial charge in [0.25, 0.3) is 5.91 Å². The number of rotatable bonds is 6. The molecule has 0 saturated heterocycles. The lowest BCUT2D eigenvalue weighted by Gasteiger charge is -2.16. The molecule has 2 aromatic rings. The molecule has 1 aromatic heterocycles. The highest BCUT2D eigenvalue weighted by atomic mass is 19.1. The van der Waals surface area contributed by atoms with Crippen molar-refractivity contribution in [2.24, 2.45) is 0 Å². The number of para-hydroxylation sites is 1. The fraction of sp³-hybridized carbons (Fsp3) is 0.500. The molecule has 26 heavy (non-hydrogen) atoms. The SMILES string of the molecule is Cc1c(C(=O)NCCNC2CCCCCC2)cnn1-c1ccccc1F. The van der Waals surface area contributed by atoms with Crippen LogP contribution in [0.5, 0.6) is 0 Å². The molecule has 0 atom stereocenters. The highest BCUT2D eigenvalue weighted by Gasteiger charge is 2.17. The first-order valence-electron chi connectivity index (χ1n) is 9.48. The van der Waals surface area contributed by atoms with E-state index in [0.717, 1.165) is 6.54 Å². The molecule has 2 N–H and O–H groups in total. The fourth-order valence-electron chi connectivity index (χ4n) is 3.53. The van der Waals surface area contributed by atoms with Crippen LogP contribution in [0.4, 0.5) is 4.39 Å². The maximum absolute atomic E-state index is 14.0. The number of amides is 1. The van der Waals surface area contributed by atoms with E-state index in [9.17, 15) is 9.18 Å². The number of carbonyl (C=O) groups is 1.